The molecule has 0 spiro atoms. The van der Waals surface area contributed by atoms with Crippen molar-refractivity contribution < 1.29 is 0 Å². The Kier molecular flexibility index (Phi) is 5.34. The molecule has 0 unspecified atom stereocenters. The van der Waals surface area contributed by atoms with Gasteiger partial charge in [-0.25, -0.2) is 0 Å². The molecule has 4 rings (SSSR count). The SMILES string of the molecule is c1ccc(N(c2ccccc2)c2ccc([C]3SCCCS3)cc2)cc1. The summed E-state index contributed by atoms with van der Waals surface area (Å²) in [6.45, 7) is 0. The third kappa shape index (κ3) is 3.88. The molecule has 0 bridgehead atoms. The lowest BCUT2D eigenvalue weighted by Gasteiger charge is -2.26. The molecular formula is C22H20NS2. The molecule has 0 amide bonds. The van der Waals surface area contributed by atoms with Gasteiger partial charge in [-0.2, -0.15) is 0 Å². The Hall–Kier alpha value is -1.84. The molecule has 0 aromatic heterocycles. The monoisotopic (exact) mass is 362 g/mol. The fraction of sp³-hybridized carbons (Fsp3) is 0.136. The van der Waals surface area contributed by atoms with Crippen LogP contribution >= 0.6 is 23.5 Å². The van der Waals surface area contributed by atoms with E-state index in [0.717, 1.165) is 0 Å². The largest absolute Gasteiger partial charge is 0.311 e. The summed E-state index contributed by atoms with van der Waals surface area (Å²) >= 11 is 3.98. The second kappa shape index (κ2) is 8.03. The van der Waals surface area contributed by atoms with Gasteiger partial charge < -0.3 is 4.90 Å². The molecule has 3 heteroatoms. The Morgan fingerprint density at radius 1 is 0.560 bits per heavy atom. The summed E-state index contributed by atoms with van der Waals surface area (Å²) < 4.78 is 1.46. The van der Waals surface area contributed by atoms with Crippen LogP contribution in [-0.2, 0) is 0 Å². The molecule has 1 heterocycles. The molecule has 3 aromatic rings. The lowest BCUT2D eigenvalue weighted by Crippen LogP contribution is -2.10. The van der Waals surface area contributed by atoms with Crippen LogP contribution in [0, 0.1) is 4.58 Å². The number of rotatable bonds is 4. The van der Waals surface area contributed by atoms with Crippen molar-refractivity contribution in [1.29, 1.82) is 0 Å². The summed E-state index contributed by atoms with van der Waals surface area (Å²) in [6.07, 6.45) is 1.31. The van der Waals surface area contributed by atoms with E-state index in [1.165, 1.54) is 45.1 Å². The van der Waals surface area contributed by atoms with Crippen LogP contribution in [0.5, 0.6) is 0 Å². The molecule has 1 radical (unpaired) electrons. The lowest BCUT2D eigenvalue weighted by molar-refractivity contribution is 1.12. The average Bonchev–Trinajstić information content (AvgIpc) is 2.71. The predicted molar refractivity (Wildman–Crippen MR) is 113 cm³/mol. The molecule has 1 nitrogen and oxygen atoms in total. The minimum absolute atomic E-state index is 1.18. The van der Waals surface area contributed by atoms with Crippen LogP contribution in [0.3, 0.4) is 0 Å². The van der Waals surface area contributed by atoms with Crippen LogP contribution in [0.1, 0.15) is 12.0 Å². The van der Waals surface area contributed by atoms with Gasteiger partial charge in [0.05, 0.1) is 0 Å². The molecule has 0 aliphatic carbocycles. The smallest absolute Gasteiger partial charge is 0.114 e. The summed E-state index contributed by atoms with van der Waals surface area (Å²) in [4.78, 5) is 2.30. The highest BCUT2D eigenvalue weighted by Crippen LogP contribution is 2.43. The highest BCUT2D eigenvalue weighted by atomic mass is 32.2. The third-order valence-electron chi connectivity index (χ3n) is 4.14. The van der Waals surface area contributed by atoms with Gasteiger partial charge in [-0.05, 0) is 59.9 Å². The van der Waals surface area contributed by atoms with E-state index < -0.39 is 0 Å². The maximum Gasteiger partial charge on any atom is 0.114 e. The fourth-order valence-electron chi connectivity index (χ4n) is 2.94. The third-order valence-corrected chi connectivity index (χ3v) is 6.83. The maximum atomic E-state index is 2.30. The molecule has 0 N–H and O–H groups in total. The molecule has 125 valence electrons. The molecule has 1 aliphatic heterocycles. The van der Waals surface area contributed by atoms with Crippen LogP contribution in [0.2, 0.25) is 0 Å². The zero-order chi connectivity index (χ0) is 16.9. The van der Waals surface area contributed by atoms with E-state index in [2.05, 4.69) is 89.8 Å². The van der Waals surface area contributed by atoms with E-state index in [1.54, 1.807) is 0 Å². The topological polar surface area (TPSA) is 3.24 Å². The summed E-state index contributed by atoms with van der Waals surface area (Å²) in [5.41, 5.74) is 4.89. The number of hydrogen-bond donors (Lipinski definition) is 0. The second-order valence-corrected chi connectivity index (χ2v) is 8.36. The van der Waals surface area contributed by atoms with Crippen molar-refractivity contribution in [3.8, 4) is 0 Å². The molecule has 25 heavy (non-hydrogen) atoms. The summed E-state index contributed by atoms with van der Waals surface area (Å²) in [5, 5.41) is 0. The van der Waals surface area contributed by atoms with Gasteiger partial charge in [0.15, 0.2) is 0 Å². The van der Waals surface area contributed by atoms with Crippen molar-refractivity contribution in [2.75, 3.05) is 16.4 Å². The molecule has 1 saturated heterocycles. The molecular weight excluding hydrogens is 342 g/mol. The van der Waals surface area contributed by atoms with E-state index in [4.69, 9.17) is 0 Å². The first kappa shape index (κ1) is 16.6. The Bertz CT molecular complexity index is 742. The van der Waals surface area contributed by atoms with E-state index in [-0.39, 0.29) is 0 Å². The van der Waals surface area contributed by atoms with E-state index in [1.807, 2.05) is 23.5 Å². The quantitative estimate of drug-likeness (QED) is 0.499. The van der Waals surface area contributed by atoms with Gasteiger partial charge in [-0.15, -0.1) is 23.5 Å². The van der Waals surface area contributed by atoms with Crippen molar-refractivity contribution in [1.82, 2.24) is 0 Å². The van der Waals surface area contributed by atoms with Gasteiger partial charge in [-0.3, -0.25) is 0 Å². The number of benzene rings is 3. The highest BCUT2D eigenvalue weighted by Gasteiger charge is 2.18. The highest BCUT2D eigenvalue weighted by molar-refractivity contribution is 8.21. The zero-order valence-corrected chi connectivity index (χ0v) is 15.6. The van der Waals surface area contributed by atoms with Crippen LogP contribution in [0.25, 0.3) is 0 Å². The maximum absolute atomic E-state index is 2.30. The van der Waals surface area contributed by atoms with Crippen LogP contribution < -0.4 is 4.90 Å². The van der Waals surface area contributed by atoms with Crippen molar-refractivity contribution >= 4 is 40.6 Å². The van der Waals surface area contributed by atoms with Gasteiger partial charge >= 0.3 is 0 Å². The zero-order valence-electron chi connectivity index (χ0n) is 14.0. The van der Waals surface area contributed by atoms with Gasteiger partial charge in [0.2, 0.25) is 0 Å². The Morgan fingerprint density at radius 3 is 1.56 bits per heavy atom. The van der Waals surface area contributed by atoms with Crippen LogP contribution in [0.4, 0.5) is 17.1 Å². The van der Waals surface area contributed by atoms with E-state index >= 15 is 0 Å². The standard InChI is InChI=1S/C22H20NS2/c1-3-8-19(9-4-1)23(20-10-5-2-6-11-20)21-14-12-18(13-15-21)22-24-16-7-17-25-22/h1-6,8-15H,7,16-17H2. The number of para-hydroxylation sites is 2. The summed E-state index contributed by atoms with van der Waals surface area (Å²) in [7, 11) is 0. The van der Waals surface area contributed by atoms with E-state index in [9.17, 15) is 0 Å². The van der Waals surface area contributed by atoms with Crippen molar-refractivity contribution in [3.63, 3.8) is 0 Å². The van der Waals surface area contributed by atoms with Crippen LogP contribution in [-0.4, -0.2) is 11.5 Å². The van der Waals surface area contributed by atoms with Gasteiger partial charge in [0.1, 0.15) is 4.58 Å². The normalized spacial score (nSPS) is 15.0. The predicted octanol–water partition coefficient (Wildman–Crippen LogP) is 6.86. The summed E-state index contributed by atoms with van der Waals surface area (Å²) in [6, 6.07) is 30.1. The number of thioether (sulfide) groups is 2. The van der Waals surface area contributed by atoms with Gasteiger partial charge in [0.25, 0.3) is 0 Å². The summed E-state index contributed by atoms with van der Waals surface area (Å²) in [5.74, 6) is 2.48. The Labute approximate surface area is 158 Å². The number of anilines is 3. The van der Waals surface area contributed by atoms with Gasteiger partial charge in [0, 0.05) is 17.1 Å². The fourth-order valence-corrected chi connectivity index (χ4v) is 5.51. The molecule has 0 saturated carbocycles. The van der Waals surface area contributed by atoms with Crippen molar-refractivity contribution in [2.45, 2.75) is 6.42 Å². The molecule has 3 aromatic carbocycles. The van der Waals surface area contributed by atoms with Crippen LogP contribution in [0.15, 0.2) is 84.9 Å². The number of hydrogen-bond acceptors (Lipinski definition) is 3. The molecule has 1 fully saturated rings. The Morgan fingerprint density at radius 2 is 1.04 bits per heavy atom. The second-order valence-electron chi connectivity index (χ2n) is 5.89. The van der Waals surface area contributed by atoms with Crippen molar-refractivity contribution in [3.05, 3.63) is 95.1 Å². The Balaban J connectivity index is 1.68. The van der Waals surface area contributed by atoms with E-state index in [0.29, 0.717) is 0 Å². The average molecular weight is 363 g/mol. The number of nitrogens with zero attached hydrogens (tertiary/aromatic N) is 1. The molecule has 1 aliphatic rings. The van der Waals surface area contributed by atoms with Gasteiger partial charge in [-0.1, -0.05) is 48.5 Å². The first-order chi connectivity index (χ1) is 12.4. The lowest BCUT2D eigenvalue weighted by atomic mass is 10.1. The minimum atomic E-state index is 1.18. The van der Waals surface area contributed by atoms with Crippen molar-refractivity contribution in [2.24, 2.45) is 0 Å². The first-order valence-electron chi connectivity index (χ1n) is 8.55. The molecule has 0 atom stereocenters. The first-order valence-corrected chi connectivity index (χ1v) is 10.5. The minimum Gasteiger partial charge on any atom is -0.311 e.